The van der Waals surface area contributed by atoms with E-state index in [0.29, 0.717) is 21.7 Å². The summed E-state index contributed by atoms with van der Waals surface area (Å²) >= 11 is 2.87. The largest absolute Gasteiger partial charge is 0.495 e. The van der Waals surface area contributed by atoms with Gasteiger partial charge >= 0.3 is 0 Å². The summed E-state index contributed by atoms with van der Waals surface area (Å²) in [6.07, 6.45) is 0. The maximum atomic E-state index is 11.2. The molecule has 130 valence electrons. The molecule has 7 nitrogen and oxygen atoms in total. The number of carbonyl (C=O) groups excluding carboxylic acids is 1. The molecule has 0 saturated heterocycles. The van der Waals surface area contributed by atoms with Gasteiger partial charge in [0.05, 0.1) is 29.1 Å². The van der Waals surface area contributed by atoms with Crippen LogP contribution in [0.25, 0.3) is 10.6 Å². The van der Waals surface area contributed by atoms with Crippen LogP contribution in [0, 0.1) is 6.92 Å². The molecule has 0 aliphatic rings. The molecule has 0 unspecified atom stereocenters. The van der Waals surface area contributed by atoms with Crippen LogP contribution in [-0.4, -0.2) is 23.0 Å². The summed E-state index contributed by atoms with van der Waals surface area (Å²) < 4.78 is 5.33. The molecular formula is C16H17N5O2S2. The van der Waals surface area contributed by atoms with Crippen molar-refractivity contribution in [1.82, 2.24) is 9.97 Å². The Labute approximate surface area is 152 Å². The number of amides is 1. The zero-order valence-corrected chi connectivity index (χ0v) is 15.5. The highest BCUT2D eigenvalue weighted by molar-refractivity contribution is 7.20. The maximum absolute atomic E-state index is 11.2. The van der Waals surface area contributed by atoms with Gasteiger partial charge in [0, 0.05) is 18.0 Å². The number of benzene rings is 1. The number of hydrogen-bond acceptors (Lipinski definition) is 8. The topological polar surface area (TPSA) is 102 Å². The van der Waals surface area contributed by atoms with Gasteiger partial charge in [0.1, 0.15) is 5.75 Å². The maximum Gasteiger partial charge on any atom is 0.223 e. The van der Waals surface area contributed by atoms with E-state index in [4.69, 9.17) is 10.5 Å². The Morgan fingerprint density at radius 1 is 1.28 bits per heavy atom. The fourth-order valence-corrected chi connectivity index (χ4v) is 3.97. The Bertz CT molecular complexity index is 919. The molecule has 9 heteroatoms. The summed E-state index contributed by atoms with van der Waals surface area (Å²) in [6.45, 7) is 3.35. The van der Waals surface area contributed by atoms with Crippen LogP contribution in [-0.2, 0) is 4.79 Å². The molecule has 0 spiro atoms. The van der Waals surface area contributed by atoms with Crippen LogP contribution in [0.3, 0.4) is 0 Å². The lowest BCUT2D eigenvalue weighted by atomic mass is 10.2. The molecule has 3 rings (SSSR count). The molecule has 25 heavy (non-hydrogen) atoms. The van der Waals surface area contributed by atoms with Gasteiger partial charge in [-0.05, 0) is 25.1 Å². The van der Waals surface area contributed by atoms with E-state index in [2.05, 4.69) is 20.6 Å². The normalized spacial score (nSPS) is 10.5. The SMILES string of the molecule is COc1ccc(N)cc1Nc1nc(-c2sc(NC(C)=O)nc2C)cs1. The molecular weight excluding hydrogens is 358 g/mol. The molecule has 0 bridgehead atoms. The molecule has 3 aromatic rings. The van der Waals surface area contributed by atoms with Crippen LogP contribution in [0.1, 0.15) is 12.6 Å². The first kappa shape index (κ1) is 17.2. The number of methoxy groups -OCH3 is 1. The molecule has 2 heterocycles. The van der Waals surface area contributed by atoms with Crippen LogP contribution in [0.5, 0.6) is 5.75 Å². The molecule has 1 amide bonds. The smallest absolute Gasteiger partial charge is 0.223 e. The first-order valence-electron chi connectivity index (χ1n) is 7.37. The monoisotopic (exact) mass is 375 g/mol. The van der Waals surface area contributed by atoms with E-state index in [1.165, 1.54) is 29.6 Å². The van der Waals surface area contributed by atoms with Crippen molar-refractivity contribution in [3.63, 3.8) is 0 Å². The fraction of sp³-hybridized carbons (Fsp3) is 0.188. The van der Waals surface area contributed by atoms with Crippen LogP contribution < -0.4 is 21.1 Å². The Hall–Kier alpha value is -2.65. The summed E-state index contributed by atoms with van der Waals surface area (Å²) in [7, 11) is 1.61. The van der Waals surface area contributed by atoms with Gasteiger partial charge in [0.25, 0.3) is 0 Å². The van der Waals surface area contributed by atoms with E-state index in [1.807, 2.05) is 12.3 Å². The second-order valence-corrected chi connectivity index (χ2v) is 7.09. The lowest BCUT2D eigenvalue weighted by molar-refractivity contribution is -0.114. The summed E-state index contributed by atoms with van der Waals surface area (Å²) in [6, 6.07) is 5.38. The third-order valence-electron chi connectivity index (χ3n) is 3.28. The summed E-state index contributed by atoms with van der Waals surface area (Å²) in [5, 5.41) is 9.16. The number of hydrogen-bond donors (Lipinski definition) is 3. The predicted molar refractivity (Wildman–Crippen MR) is 103 cm³/mol. The molecule has 0 atom stereocenters. The van der Waals surface area contributed by atoms with Gasteiger partial charge in [-0.2, -0.15) is 0 Å². The second kappa shape index (κ2) is 7.08. The van der Waals surface area contributed by atoms with E-state index >= 15 is 0 Å². The summed E-state index contributed by atoms with van der Waals surface area (Å²) in [5.74, 6) is 0.544. The number of nitrogens with two attached hydrogens (primary N) is 1. The Morgan fingerprint density at radius 2 is 2.08 bits per heavy atom. The minimum Gasteiger partial charge on any atom is -0.495 e. The number of aryl methyl sites for hydroxylation is 1. The average Bonchev–Trinajstić information content (AvgIpc) is 3.13. The first-order valence-corrected chi connectivity index (χ1v) is 9.07. The Balaban J connectivity index is 1.85. The van der Waals surface area contributed by atoms with E-state index in [-0.39, 0.29) is 5.91 Å². The molecule has 0 saturated carbocycles. The highest BCUT2D eigenvalue weighted by Crippen LogP contribution is 2.36. The molecule has 0 fully saturated rings. The second-order valence-electron chi connectivity index (χ2n) is 5.24. The molecule has 4 N–H and O–H groups in total. The minimum absolute atomic E-state index is 0.144. The van der Waals surface area contributed by atoms with Crippen LogP contribution >= 0.6 is 22.7 Å². The highest BCUT2D eigenvalue weighted by Gasteiger charge is 2.14. The number of carbonyl (C=O) groups is 1. The van der Waals surface area contributed by atoms with Crippen LogP contribution in [0.4, 0.5) is 21.6 Å². The van der Waals surface area contributed by atoms with Gasteiger partial charge in [0.2, 0.25) is 5.91 Å². The minimum atomic E-state index is -0.144. The first-order chi connectivity index (χ1) is 12.0. The number of thiazole rings is 2. The van der Waals surface area contributed by atoms with E-state index in [1.54, 1.807) is 25.3 Å². The van der Waals surface area contributed by atoms with Gasteiger partial charge in [-0.3, -0.25) is 4.79 Å². The number of nitrogens with zero attached hydrogens (tertiary/aromatic N) is 2. The van der Waals surface area contributed by atoms with Crippen molar-refractivity contribution in [2.75, 3.05) is 23.5 Å². The molecule has 2 aromatic heterocycles. The van der Waals surface area contributed by atoms with Gasteiger partial charge in [0.15, 0.2) is 10.3 Å². The number of nitrogen functional groups attached to an aromatic ring is 1. The van der Waals surface area contributed by atoms with E-state index < -0.39 is 0 Å². The third-order valence-corrected chi connectivity index (χ3v) is 5.13. The number of anilines is 4. The summed E-state index contributed by atoms with van der Waals surface area (Å²) in [5.41, 5.74) is 8.86. The van der Waals surface area contributed by atoms with Gasteiger partial charge in [-0.1, -0.05) is 11.3 Å². The number of rotatable bonds is 5. The number of ether oxygens (including phenoxy) is 1. The lowest BCUT2D eigenvalue weighted by Gasteiger charge is -2.09. The van der Waals surface area contributed by atoms with Crippen molar-refractivity contribution in [3.05, 3.63) is 29.3 Å². The lowest BCUT2D eigenvalue weighted by Crippen LogP contribution is -2.04. The molecule has 1 aromatic carbocycles. The fourth-order valence-electron chi connectivity index (χ4n) is 2.21. The van der Waals surface area contributed by atoms with Crippen molar-refractivity contribution in [2.24, 2.45) is 0 Å². The van der Waals surface area contributed by atoms with Crippen molar-refractivity contribution in [3.8, 4) is 16.3 Å². The van der Waals surface area contributed by atoms with E-state index in [0.717, 1.165) is 22.0 Å². The van der Waals surface area contributed by atoms with E-state index in [9.17, 15) is 4.79 Å². The third kappa shape index (κ3) is 3.89. The Kier molecular flexibility index (Phi) is 4.86. The standard InChI is InChI=1S/C16H17N5O2S2/c1-8-14(25-16(18-8)19-9(2)22)12-7-24-15(21-12)20-11-6-10(17)4-5-13(11)23-3/h4-7H,17H2,1-3H3,(H,20,21)(H,18,19,22). The highest BCUT2D eigenvalue weighted by atomic mass is 32.1. The predicted octanol–water partition coefficient (Wildman–Crippen LogP) is 3.87. The quantitative estimate of drug-likeness (QED) is 0.585. The van der Waals surface area contributed by atoms with Crippen molar-refractivity contribution in [2.45, 2.75) is 13.8 Å². The van der Waals surface area contributed by atoms with Gasteiger partial charge in [-0.25, -0.2) is 9.97 Å². The zero-order chi connectivity index (χ0) is 18.0. The zero-order valence-electron chi connectivity index (χ0n) is 13.9. The number of nitrogens with one attached hydrogen (secondary N) is 2. The van der Waals surface area contributed by atoms with Crippen LogP contribution in [0.15, 0.2) is 23.6 Å². The van der Waals surface area contributed by atoms with Crippen molar-refractivity contribution < 1.29 is 9.53 Å². The average molecular weight is 375 g/mol. The Morgan fingerprint density at radius 3 is 2.80 bits per heavy atom. The molecule has 0 aliphatic carbocycles. The molecule has 0 radical (unpaired) electrons. The van der Waals surface area contributed by atoms with Crippen molar-refractivity contribution >= 4 is 50.2 Å². The van der Waals surface area contributed by atoms with Crippen LogP contribution in [0.2, 0.25) is 0 Å². The van der Waals surface area contributed by atoms with Crippen molar-refractivity contribution in [1.29, 1.82) is 0 Å². The summed E-state index contributed by atoms with van der Waals surface area (Å²) in [4.78, 5) is 21.1. The van der Waals surface area contributed by atoms with Gasteiger partial charge < -0.3 is 21.1 Å². The molecule has 0 aliphatic heterocycles. The number of aromatic nitrogens is 2. The van der Waals surface area contributed by atoms with Gasteiger partial charge in [-0.15, -0.1) is 11.3 Å².